The maximum absolute atomic E-state index is 10.7. The summed E-state index contributed by atoms with van der Waals surface area (Å²) in [7, 11) is 0. The molecule has 86 valence electrons. The number of ether oxygens (including phenoxy) is 1. The van der Waals surface area contributed by atoms with E-state index in [0.717, 1.165) is 12.1 Å². The standard InChI is InChI=1S/C9H9NO6/c1-2-16-7-4-5(10(14)15)3-6(8(7)11)9(12)13/h3-4,11H,2H2,1H3,(H,12,13). The first-order chi connectivity index (χ1) is 7.47. The van der Waals surface area contributed by atoms with Crippen molar-refractivity contribution in [2.75, 3.05) is 6.61 Å². The minimum Gasteiger partial charge on any atom is -0.504 e. The zero-order valence-electron chi connectivity index (χ0n) is 8.34. The Morgan fingerprint density at radius 3 is 2.62 bits per heavy atom. The van der Waals surface area contributed by atoms with Crippen LogP contribution in [0.4, 0.5) is 5.69 Å². The van der Waals surface area contributed by atoms with Crippen LogP contribution in [-0.2, 0) is 0 Å². The van der Waals surface area contributed by atoms with Gasteiger partial charge in [0, 0.05) is 6.07 Å². The van der Waals surface area contributed by atoms with Crippen LogP contribution >= 0.6 is 0 Å². The average molecular weight is 227 g/mol. The highest BCUT2D eigenvalue weighted by molar-refractivity contribution is 5.92. The van der Waals surface area contributed by atoms with Crippen LogP contribution in [-0.4, -0.2) is 27.7 Å². The third kappa shape index (κ3) is 2.19. The lowest BCUT2D eigenvalue weighted by molar-refractivity contribution is -0.385. The molecule has 0 fully saturated rings. The molecule has 1 aromatic rings. The second-order valence-corrected chi connectivity index (χ2v) is 2.84. The zero-order valence-corrected chi connectivity index (χ0v) is 8.34. The molecule has 0 atom stereocenters. The molecule has 0 spiro atoms. The van der Waals surface area contributed by atoms with Gasteiger partial charge in [0.2, 0.25) is 0 Å². The van der Waals surface area contributed by atoms with Gasteiger partial charge >= 0.3 is 5.97 Å². The summed E-state index contributed by atoms with van der Waals surface area (Å²) in [6.07, 6.45) is 0. The minimum atomic E-state index is -1.46. The number of non-ortho nitro benzene ring substituents is 1. The minimum absolute atomic E-state index is 0.161. The Bertz CT molecular complexity index is 442. The Kier molecular flexibility index (Phi) is 3.29. The maximum atomic E-state index is 10.7. The van der Waals surface area contributed by atoms with E-state index in [0.29, 0.717) is 0 Å². The van der Waals surface area contributed by atoms with E-state index >= 15 is 0 Å². The van der Waals surface area contributed by atoms with E-state index in [1.54, 1.807) is 6.92 Å². The number of aromatic carboxylic acids is 1. The summed E-state index contributed by atoms with van der Waals surface area (Å²) in [5, 5.41) is 28.7. The van der Waals surface area contributed by atoms with Crippen molar-refractivity contribution in [3.63, 3.8) is 0 Å². The molecule has 0 heterocycles. The lowest BCUT2D eigenvalue weighted by atomic mass is 10.1. The van der Waals surface area contributed by atoms with Crippen molar-refractivity contribution in [3.05, 3.63) is 27.8 Å². The van der Waals surface area contributed by atoms with Gasteiger partial charge in [0.1, 0.15) is 5.56 Å². The number of nitrogens with zero attached hydrogens (tertiary/aromatic N) is 1. The van der Waals surface area contributed by atoms with Crippen LogP contribution in [0.2, 0.25) is 0 Å². The number of phenols is 1. The molecular weight excluding hydrogens is 218 g/mol. The molecule has 0 amide bonds. The molecule has 7 heteroatoms. The lowest BCUT2D eigenvalue weighted by Gasteiger charge is -2.07. The molecule has 16 heavy (non-hydrogen) atoms. The molecule has 0 bridgehead atoms. The number of carboxylic acids is 1. The highest BCUT2D eigenvalue weighted by Gasteiger charge is 2.21. The van der Waals surface area contributed by atoms with Crippen molar-refractivity contribution in [3.8, 4) is 11.5 Å². The fraction of sp³-hybridized carbons (Fsp3) is 0.222. The van der Waals surface area contributed by atoms with E-state index in [1.807, 2.05) is 0 Å². The molecule has 2 N–H and O–H groups in total. The highest BCUT2D eigenvalue weighted by atomic mass is 16.6. The van der Waals surface area contributed by atoms with E-state index in [1.165, 1.54) is 0 Å². The van der Waals surface area contributed by atoms with Crippen LogP contribution in [0, 0.1) is 10.1 Å². The van der Waals surface area contributed by atoms with E-state index in [9.17, 15) is 20.0 Å². The number of carbonyl (C=O) groups is 1. The van der Waals surface area contributed by atoms with E-state index < -0.39 is 27.9 Å². The number of nitro benzene ring substituents is 1. The van der Waals surface area contributed by atoms with Gasteiger partial charge in [-0.3, -0.25) is 10.1 Å². The second kappa shape index (κ2) is 4.47. The van der Waals surface area contributed by atoms with E-state index in [4.69, 9.17) is 9.84 Å². The molecule has 0 radical (unpaired) electrons. The predicted molar refractivity (Wildman–Crippen MR) is 52.9 cm³/mol. The van der Waals surface area contributed by atoms with Crippen LogP contribution in [0.3, 0.4) is 0 Å². The monoisotopic (exact) mass is 227 g/mol. The number of hydrogen-bond donors (Lipinski definition) is 2. The summed E-state index contributed by atoms with van der Waals surface area (Å²) in [6.45, 7) is 1.77. The third-order valence-corrected chi connectivity index (χ3v) is 1.80. The number of nitro groups is 1. The van der Waals surface area contributed by atoms with Gasteiger partial charge in [-0.05, 0) is 6.92 Å². The van der Waals surface area contributed by atoms with Gasteiger partial charge in [-0.1, -0.05) is 0 Å². The summed E-state index contributed by atoms with van der Waals surface area (Å²) in [5.74, 6) is -2.28. The maximum Gasteiger partial charge on any atom is 0.339 e. The molecule has 1 rings (SSSR count). The number of rotatable bonds is 4. The summed E-state index contributed by atoms with van der Waals surface area (Å²) < 4.78 is 4.90. The van der Waals surface area contributed by atoms with Gasteiger partial charge in [-0.25, -0.2) is 4.79 Å². The highest BCUT2D eigenvalue weighted by Crippen LogP contribution is 2.34. The number of benzene rings is 1. The molecule has 1 aromatic carbocycles. The smallest absolute Gasteiger partial charge is 0.339 e. The van der Waals surface area contributed by atoms with E-state index in [-0.39, 0.29) is 12.4 Å². The van der Waals surface area contributed by atoms with Crippen molar-refractivity contribution in [2.45, 2.75) is 6.92 Å². The Morgan fingerprint density at radius 1 is 1.56 bits per heavy atom. The molecular formula is C9H9NO6. The lowest BCUT2D eigenvalue weighted by Crippen LogP contribution is -2.02. The molecule has 7 nitrogen and oxygen atoms in total. The molecule has 0 aromatic heterocycles. The van der Waals surface area contributed by atoms with Gasteiger partial charge < -0.3 is 14.9 Å². The number of carboxylic acid groups (broad SMARTS) is 1. The largest absolute Gasteiger partial charge is 0.504 e. The fourth-order valence-corrected chi connectivity index (χ4v) is 1.13. The zero-order chi connectivity index (χ0) is 12.3. The first-order valence-electron chi connectivity index (χ1n) is 4.34. The van der Waals surface area contributed by atoms with Crippen molar-refractivity contribution < 1.29 is 24.7 Å². The summed E-state index contributed by atoms with van der Waals surface area (Å²) in [6, 6.07) is 1.76. The van der Waals surface area contributed by atoms with Crippen LogP contribution in [0.5, 0.6) is 11.5 Å². The van der Waals surface area contributed by atoms with Crippen LogP contribution in [0.25, 0.3) is 0 Å². The van der Waals surface area contributed by atoms with Gasteiger partial charge in [0.05, 0.1) is 17.6 Å². The van der Waals surface area contributed by atoms with Crippen molar-refractivity contribution in [2.24, 2.45) is 0 Å². The summed E-state index contributed by atoms with van der Waals surface area (Å²) >= 11 is 0. The summed E-state index contributed by atoms with van der Waals surface area (Å²) in [4.78, 5) is 20.5. The van der Waals surface area contributed by atoms with Gasteiger partial charge in [0.15, 0.2) is 11.5 Å². The summed E-state index contributed by atoms with van der Waals surface area (Å²) in [5.41, 5.74) is -1.00. The predicted octanol–water partition coefficient (Wildman–Crippen LogP) is 1.40. The van der Waals surface area contributed by atoms with Crippen LogP contribution in [0.1, 0.15) is 17.3 Å². The first-order valence-corrected chi connectivity index (χ1v) is 4.34. The Morgan fingerprint density at radius 2 is 2.19 bits per heavy atom. The van der Waals surface area contributed by atoms with Crippen molar-refractivity contribution in [1.82, 2.24) is 0 Å². The normalized spacial score (nSPS) is 9.81. The Balaban J connectivity index is 3.38. The molecule has 0 unspecified atom stereocenters. The van der Waals surface area contributed by atoms with Gasteiger partial charge in [-0.2, -0.15) is 0 Å². The van der Waals surface area contributed by atoms with Crippen LogP contribution in [0.15, 0.2) is 12.1 Å². The van der Waals surface area contributed by atoms with Gasteiger partial charge in [0.25, 0.3) is 5.69 Å². The third-order valence-electron chi connectivity index (χ3n) is 1.80. The van der Waals surface area contributed by atoms with Crippen molar-refractivity contribution in [1.29, 1.82) is 0 Å². The molecule has 0 aliphatic rings. The molecule has 0 aliphatic heterocycles. The van der Waals surface area contributed by atoms with Gasteiger partial charge in [-0.15, -0.1) is 0 Å². The second-order valence-electron chi connectivity index (χ2n) is 2.84. The fourth-order valence-electron chi connectivity index (χ4n) is 1.13. The topological polar surface area (TPSA) is 110 Å². The number of aromatic hydroxyl groups is 1. The Labute approximate surface area is 90.0 Å². The molecule has 0 saturated carbocycles. The van der Waals surface area contributed by atoms with Crippen LogP contribution < -0.4 is 4.74 Å². The quantitative estimate of drug-likeness (QED) is 0.594. The molecule has 0 saturated heterocycles. The number of hydrogen-bond acceptors (Lipinski definition) is 5. The van der Waals surface area contributed by atoms with E-state index in [2.05, 4.69) is 0 Å². The average Bonchev–Trinajstić information content (AvgIpc) is 2.20. The Hall–Kier alpha value is -2.31. The SMILES string of the molecule is CCOc1cc([N+](=O)[O-])cc(C(=O)O)c1O. The van der Waals surface area contributed by atoms with Crippen molar-refractivity contribution >= 4 is 11.7 Å². The molecule has 0 aliphatic carbocycles. The first kappa shape index (κ1) is 11.8.